The van der Waals surface area contributed by atoms with E-state index in [1.54, 1.807) is 0 Å². The molecule has 0 amide bonds. The van der Waals surface area contributed by atoms with Crippen LogP contribution < -0.4 is 5.73 Å². The van der Waals surface area contributed by atoms with E-state index in [0.717, 1.165) is 16.0 Å². The monoisotopic (exact) mass is 308 g/mol. The van der Waals surface area contributed by atoms with Crippen LogP contribution in [0.2, 0.25) is 0 Å². The second-order valence-corrected chi connectivity index (χ2v) is 6.06. The second-order valence-electron chi connectivity index (χ2n) is 5.27. The highest BCUT2D eigenvalue weighted by atomic mass is 79.9. The van der Waals surface area contributed by atoms with Crippen molar-refractivity contribution >= 4 is 27.5 Å². The van der Waals surface area contributed by atoms with Crippen LogP contribution in [0.4, 0.5) is 5.69 Å². The van der Waals surface area contributed by atoms with Crippen molar-refractivity contribution in [3.63, 3.8) is 0 Å². The van der Waals surface area contributed by atoms with Crippen molar-refractivity contribution in [2.75, 3.05) is 0 Å². The molecule has 0 bridgehead atoms. The minimum Gasteiger partial charge on any atom is -0.387 e. The van der Waals surface area contributed by atoms with Crippen LogP contribution in [-0.2, 0) is 0 Å². The highest BCUT2D eigenvalue weighted by molar-refractivity contribution is 9.10. The Morgan fingerprint density at radius 3 is 2.28 bits per heavy atom. The summed E-state index contributed by atoms with van der Waals surface area (Å²) in [6.45, 7) is 4.18. The van der Waals surface area contributed by atoms with Crippen molar-refractivity contribution in [2.24, 2.45) is 16.6 Å². The summed E-state index contributed by atoms with van der Waals surface area (Å²) < 4.78 is 1.16. The average molecular weight is 309 g/mol. The third-order valence-corrected chi connectivity index (χ3v) is 4.95. The summed E-state index contributed by atoms with van der Waals surface area (Å²) in [5, 5.41) is 0. The summed E-state index contributed by atoms with van der Waals surface area (Å²) >= 11 is 3.58. The van der Waals surface area contributed by atoms with Crippen LogP contribution in [0, 0.1) is 19.8 Å². The van der Waals surface area contributed by atoms with E-state index in [1.165, 1.54) is 43.2 Å². The molecule has 0 atom stereocenters. The molecule has 1 aliphatic carbocycles. The fourth-order valence-corrected chi connectivity index (χ4v) is 2.86. The number of hydrogen-bond acceptors (Lipinski definition) is 1. The summed E-state index contributed by atoms with van der Waals surface area (Å²) in [5.74, 6) is 1.30. The van der Waals surface area contributed by atoms with Crippen LogP contribution in [-0.4, -0.2) is 5.84 Å². The highest BCUT2D eigenvalue weighted by Gasteiger charge is 2.17. The number of benzene rings is 1. The molecule has 1 saturated carbocycles. The van der Waals surface area contributed by atoms with Crippen molar-refractivity contribution in [3.8, 4) is 0 Å². The van der Waals surface area contributed by atoms with E-state index in [1.807, 2.05) is 0 Å². The van der Waals surface area contributed by atoms with Gasteiger partial charge in [0, 0.05) is 10.4 Å². The van der Waals surface area contributed by atoms with Gasteiger partial charge in [0.2, 0.25) is 0 Å². The Hall–Kier alpha value is -0.830. The molecule has 2 N–H and O–H groups in total. The fourth-order valence-electron chi connectivity index (χ4n) is 2.63. The molecule has 0 spiro atoms. The van der Waals surface area contributed by atoms with Gasteiger partial charge in [-0.05, 0) is 49.9 Å². The van der Waals surface area contributed by atoms with Gasteiger partial charge in [-0.3, -0.25) is 0 Å². The number of aliphatic imine (C=N–C) groups is 1. The molecule has 0 heterocycles. The molecule has 1 aromatic rings. The zero-order valence-electron chi connectivity index (χ0n) is 11.2. The fraction of sp³-hybridized carbons (Fsp3) is 0.533. The maximum atomic E-state index is 6.16. The molecule has 1 aromatic carbocycles. The topological polar surface area (TPSA) is 38.4 Å². The number of nitrogens with two attached hydrogens (primary N) is 1. The zero-order chi connectivity index (χ0) is 13.1. The summed E-state index contributed by atoms with van der Waals surface area (Å²) in [6, 6.07) is 4.18. The van der Waals surface area contributed by atoms with E-state index >= 15 is 0 Å². The number of amidine groups is 1. The van der Waals surface area contributed by atoms with Crippen LogP contribution in [0.25, 0.3) is 0 Å². The lowest BCUT2D eigenvalue weighted by molar-refractivity contribution is 0.437. The number of rotatable bonds is 2. The van der Waals surface area contributed by atoms with Gasteiger partial charge >= 0.3 is 0 Å². The molecule has 0 aliphatic heterocycles. The van der Waals surface area contributed by atoms with Gasteiger partial charge in [-0.2, -0.15) is 0 Å². The zero-order valence-corrected chi connectivity index (χ0v) is 12.8. The Kier molecular flexibility index (Phi) is 4.44. The van der Waals surface area contributed by atoms with Crippen molar-refractivity contribution in [2.45, 2.75) is 46.0 Å². The van der Waals surface area contributed by atoms with E-state index in [4.69, 9.17) is 5.73 Å². The predicted octanol–water partition coefficient (Wildman–Crippen LogP) is 4.63. The Morgan fingerprint density at radius 1 is 1.17 bits per heavy atom. The lowest BCUT2D eigenvalue weighted by Gasteiger charge is -2.21. The summed E-state index contributed by atoms with van der Waals surface area (Å²) in [4.78, 5) is 4.62. The molecule has 0 radical (unpaired) electrons. The van der Waals surface area contributed by atoms with Gasteiger partial charge in [-0.25, -0.2) is 4.99 Å². The quantitative estimate of drug-likeness (QED) is 0.627. The van der Waals surface area contributed by atoms with E-state index in [2.05, 4.69) is 46.9 Å². The van der Waals surface area contributed by atoms with Crippen LogP contribution in [0.15, 0.2) is 21.6 Å². The molecule has 18 heavy (non-hydrogen) atoms. The van der Waals surface area contributed by atoms with Gasteiger partial charge in [0.05, 0.1) is 5.69 Å². The molecular weight excluding hydrogens is 288 g/mol. The number of halogens is 1. The first-order valence-electron chi connectivity index (χ1n) is 6.68. The van der Waals surface area contributed by atoms with Crippen LogP contribution in [0.5, 0.6) is 0 Å². The van der Waals surface area contributed by atoms with Gasteiger partial charge < -0.3 is 5.73 Å². The van der Waals surface area contributed by atoms with Crippen molar-refractivity contribution in [3.05, 3.63) is 27.7 Å². The van der Waals surface area contributed by atoms with E-state index in [0.29, 0.717) is 5.92 Å². The minimum atomic E-state index is 0.489. The van der Waals surface area contributed by atoms with Gasteiger partial charge in [0.15, 0.2) is 0 Å². The molecule has 98 valence electrons. The molecule has 2 nitrogen and oxygen atoms in total. The normalized spacial score (nSPS) is 18.1. The van der Waals surface area contributed by atoms with Gasteiger partial charge in [-0.15, -0.1) is 0 Å². The molecule has 0 saturated heterocycles. The Balaban J connectivity index is 2.21. The number of aryl methyl sites for hydroxylation is 2. The predicted molar refractivity (Wildman–Crippen MR) is 81.5 cm³/mol. The Bertz CT molecular complexity index is 437. The summed E-state index contributed by atoms with van der Waals surface area (Å²) in [5.41, 5.74) is 9.57. The third kappa shape index (κ3) is 3.14. The smallest absolute Gasteiger partial charge is 0.103 e. The van der Waals surface area contributed by atoms with E-state index < -0.39 is 0 Å². The third-order valence-electron chi connectivity index (χ3n) is 3.70. The largest absolute Gasteiger partial charge is 0.387 e. The molecule has 0 aromatic heterocycles. The van der Waals surface area contributed by atoms with Crippen LogP contribution in [0.3, 0.4) is 0 Å². The Morgan fingerprint density at radius 2 is 1.72 bits per heavy atom. The molecular formula is C15H21BrN2. The average Bonchev–Trinajstić information content (AvgIpc) is 2.37. The van der Waals surface area contributed by atoms with Crippen molar-refractivity contribution in [1.82, 2.24) is 0 Å². The van der Waals surface area contributed by atoms with Crippen LogP contribution >= 0.6 is 15.9 Å². The van der Waals surface area contributed by atoms with Gasteiger partial charge in [-0.1, -0.05) is 35.2 Å². The first kappa shape index (κ1) is 13.6. The standard InChI is InChI=1S/C15H21BrN2/c1-10-8-13(9-11(2)14(10)16)18-15(17)12-6-4-3-5-7-12/h8-9,12H,3-7H2,1-2H3,(H2,17,18). The lowest BCUT2D eigenvalue weighted by atomic mass is 9.88. The molecule has 1 aliphatic rings. The highest BCUT2D eigenvalue weighted by Crippen LogP contribution is 2.28. The Labute approximate surface area is 118 Å². The van der Waals surface area contributed by atoms with E-state index in [9.17, 15) is 0 Å². The second kappa shape index (κ2) is 5.87. The summed E-state index contributed by atoms with van der Waals surface area (Å²) in [7, 11) is 0. The van der Waals surface area contributed by atoms with Crippen molar-refractivity contribution in [1.29, 1.82) is 0 Å². The first-order chi connectivity index (χ1) is 8.58. The maximum Gasteiger partial charge on any atom is 0.103 e. The van der Waals surface area contributed by atoms with Crippen LogP contribution in [0.1, 0.15) is 43.2 Å². The summed E-state index contributed by atoms with van der Waals surface area (Å²) in [6.07, 6.45) is 6.33. The van der Waals surface area contributed by atoms with Gasteiger partial charge in [0.1, 0.15) is 5.84 Å². The maximum absolute atomic E-state index is 6.16. The number of nitrogens with zero attached hydrogens (tertiary/aromatic N) is 1. The molecule has 2 rings (SSSR count). The first-order valence-corrected chi connectivity index (χ1v) is 7.48. The minimum absolute atomic E-state index is 0.489. The molecule has 3 heteroatoms. The molecule has 1 fully saturated rings. The SMILES string of the molecule is Cc1cc(N=C(N)C2CCCCC2)cc(C)c1Br. The van der Waals surface area contributed by atoms with Gasteiger partial charge in [0.25, 0.3) is 0 Å². The lowest BCUT2D eigenvalue weighted by Crippen LogP contribution is -2.25. The number of hydrogen-bond donors (Lipinski definition) is 1. The van der Waals surface area contributed by atoms with E-state index in [-0.39, 0.29) is 0 Å². The van der Waals surface area contributed by atoms with Crippen molar-refractivity contribution < 1.29 is 0 Å². The molecule has 0 unspecified atom stereocenters.